The Morgan fingerprint density at radius 2 is 2.00 bits per heavy atom. The number of hydrogen-bond donors (Lipinski definition) is 1. The Bertz CT molecular complexity index is 1120. The molecule has 0 aliphatic rings. The van der Waals surface area contributed by atoms with Gasteiger partial charge in [-0.3, -0.25) is 4.79 Å². The van der Waals surface area contributed by atoms with E-state index in [1.54, 1.807) is 0 Å². The van der Waals surface area contributed by atoms with E-state index in [1.165, 1.54) is 16.9 Å². The molecule has 1 N–H and O–H groups in total. The van der Waals surface area contributed by atoms with Crippen LogP contribution in [0.4, 0.5) is 0 Å². The number of thiophene rings is 1. The van der Waals surface area contributed by atoms with E-state index < -0.39 is 0 Å². The van der Waals surface area contributed by atoms with Gasteiger partial charge in [0.25, 0.3) is 5.91 Å². The standard InChI is InChI=1S/C24H25N3O2S/c1-18-8-6-9-19(16-18)29-14-5-4-13-27-21-11-3-2-10-20(21)26-23(27)17-25-24(28)22-12-7-15-30-22/h2-3,6-12,15-16H,4-5,13-14,17H2,1H3,(H,25,28). The number of rotatable bonds is 9. The molecule has 30 heavy (non-hydrogen) atoms. The molecule has 2 heterocycles. The van der Waals surface area contributed by atoms with E-state index in [2.05, 4.69) is 35.0 Å². The number of carbonyl (C=O) groups is 1. The largest absolute Gasteiger partial charge is 0.494 e. The van der Waals surface area contributed by atoms with Crippen LogP contribution in [-0.4, -0.2) is 22.1 Å². The Labute approximate surface area is 180 Å². The van der Waals surface area contributed by atoms with Crippen LogP contribution >= 0.6 is 11.3 Å². The van der Waals surface area contributed by atoms with Gasteiger partial charge in [-0.05, 0) is 61.0 Å². The van der Waals surface area contributed by atoms with Crippen molar-refractivity contribution < 1.29 is 9.53 Å². The van der Waals surface area contributed by atoms with Gasteiger partial charge < -0.3 is 14.6 Å². The molecule has 0 spiro atoms. The number of imidazole rings is 1. The number of hydrogen-bond acceptors (Lipinski definition) is 4. The first-order valence-electron chi connectivity index (χ1n) is 10.2. The zero-order valence-corrected chi connectivity index (χ0v) is 17.8. The van der Waals surface area contributed by atoms with Gasteiger partial charge in [-0.1, -0.05) is 30.3 Å². The smallest absolute Gasteiger partial charge is 0.261 e. The highest BCUT2D eigenvalue weighted by atomic mass is 32.1. The first-order valence-corrected chi connectivity index (χ1v) is 11.0. The van der Waals surface area contributed by atoms with Crippen molar-refractivity contribution in [2.45, 2.75) is 32.9 Å². The predicted octanol–water partition coefficient (Wildman–Crippen LogP) is 5.20. The van der Waals surface area contributed by atoms with Crippen LogP contribution in [0.2, 0.25) is 0 Å². The lowest BCUT2D eigenvalue weighted by molar-refractivity contribution is 0.0953. The lowest BCUT2D eigenvalue weighted by atomic mass is 10.2. The summed E-state index contributed by atoms with van der Waals surface area (Å²) in [6.45, 7) is 3.99. The molecule has 0 bridgehead atoms. The summed E-state index contributed by atoms with van der Waals surface area (Å²) in [5.74, 6) is 1.73. The van der Waals surface area contributed by atoms with E-state index in [4.69, 9.17) is 9.72 Å². The van der Waals surface area contributed by atoms with Gasteiger partial charge in [0.2, 0.25) is 0 Å². The zero-order chi connectivity index (χ0) is 20.8. The highest BCUT2D eigenvalue weighted by Crippen LogP contribution is 2.18. The van der Waals surface area contributed by atoms with Crippen LogP contribution in [0.5, 0.6) is 5.75 Å². The number of unbranched alkanes of at least 4 members (excludes halogenated alkanes) is 1. The Kier molecular flexibility index (Phi) is 6.44. The van der Waals surface area contributed by atoms with E-state index in [0.717, 1.165) is 42.0 Å². The van der Waals surface area contributed by atoms with Gasteiger partial charge in [0.1, 0.15) is 11.6 Å². The molecule has 0 fully saturated rings. The fourth-order valence-corrected chi connectivity index (χ4v) is 4.07. The number of benzene rings is 2. The molecule has 6 heteroatoms. The van der Waals surface area contributed by atoms with Crippen molar-refractivity contribution in [1.82, 2.24) is 14.9 Å². The zero-order valence-electron chi connectivity index (χ0n) is 17.0. The van der Waals surface area contributed by atoms with Gasteiger partial charge in [-0.2, -0.15) is 0 Å². The first kappa shape index (κ1) is 20.2. The lowest BCUT2D eigenvalue weighted by Gasteiger charge is -2.11. The van der Waals surface area contributed by atoms with Crippen molar-refractivity contribution in [2.75, 3.05) is 6.61 Å². The Morgan fingerprint density at radius 3 is 2.83 bits per heavy atom. The third-order valence-corrected chi connectivity index (χ3v) is 5.79. The fourth-order valence-electron chi connectivity index (χ4n) is 3.43. The van der Waals surface area contributed by atoms with Crippen molar-refractivity contribution in [2.24, 2.45) is 0 Å². The maximum atomic E-state index is 12.3. The molecule has 0 unspecified atom stereocenters. The number of nitrogens with zero attached hydrogens (tertiary/aromatic N) is 2. The summed E-state index contributed by atoms with van der Waals surface area (Å²) < 4.78 is 8.07. The predicted molar refractivity (Wildman–Crippen MR) is 121 cm³/mol. The number of aryl methyl sites for hydroxylation is 2. The molecule has 4 rings (SSSR count). The summed E-state index contributed by atoms with van der Waals surface area (Å²) in [4.78, 5) is 17.8. The highest BCUT2D eigenvalue weighted by Gasteiger charge is 2.12. The average molecular weight is 420 g/mol. The molecule has 154 valence electrons. The minimum Gasteiger partial charge on any atom is -0.494 e. The second kappa shape index (κ2) is 9.59. The number of para-hydroxylation sites is 2. The van der Waals surface area contributed by atoms with Gasteiger partial charge in [0, 0.05) is 6.54 Å². The topological polar surface area (TPSA) is 56.1 Å². The highest BCUT2D eigenvalue weighted by molar-refractivity contribution is 7.12. The molecule has 1 amide bonds. The normalized spacial score (nSPS) is 11.0. The summed E-state index contributed by atoms with van der Waals surface area (Å²) in [6.07, 6.45) is 1.92. The van der Waals surface area contributed by atoms with Crippen LogP contribution < -0.4 is 10.1 Å². The minimum atomic E-state index is -0.0600. The van der Waals surface area contributed by atoms with Crippen LogP contribution in [0, 0.1) is 6.92 Å². The van der Waals surface area contributed by atoms with E-state index in [9.17, 15) is 4.79 Å². The molecule has 4 aromatic rings. The second-order valence-corrected chi connectivity index (χ2v) is 8.15. The number of carbonyl (C=O) groups excluding carboxylic acids is 1. The summed E-state index contributed by atoms with van der Waals surface area (Å²) >= 11 is 1.44. The van der Waals surface area contributed by atoms with Crippen molar-refractivity contribution in [3.05, 3.63) is 82.3 Å². The van der Waals surface area contributed by atoms with Crippen LogP contribution in [0.1, 0.15) is 33.9 Å². The van der Waals surface area contributed by atoms with Crippen LogP contribution in [0.15, 0.2) is 66.0 Å². The Morgan fingerprint density at radius 1 is 1.10 bits per heavy atom. The summed E-state index contributed by atoms with van der Waals surface area (Å²) in [5.41, 5.74) is 3.25. The third-order valence-electron chi connectivity index (χ3n) is 4.92. The van der Waals surface area contributed by atoms with Gasteiger partial charge in [-0.15, -0.1) is 11.3 Å². The Hall–Kier alpha value is -3.12. The molecule has 2 aromatic heterocycles. The molecule has 0 aliphatic carbocycles. The minimum absolute atomic E-state index is 0.0600. The Balaban J connectivity index is 1.37. The van der Waals surface area contributed by atoms with Crippen molar-refractivity contribution in [3.63, 3.8) is 0 Å². The third kappa shape index (κ3) is 4.89. The second-order valence-electron chi connectivity index (χ2n) is 7.20. The number of nitrogens with one attached hydrogen (secondary N) is 1. The lowest BCUT2D eigenvalue weighted by Crippen LogP contribution is -2.24. The SMILES string of the molecule is Cc1cccc(OCCCCn2c(CNC(=O)c3cccs3)nc3ccccc32)c1. The van der Waals surface area contributed by atoms with E-state index in [0.29, 0.717) is 18.0 Å². The molecule has 0 atom stereocenters. The molecule has 2 aromatic carbocycles. The number of ether oxygens (including phenoxy) is 1. The van der Waals surface area contributed by atoms with Crippen LogP contribution in [0.3, 0.4) is 0 Å². The summed E-state index contributed by atoms with van der Waals surface area (Å²) in [5, 5.41) is 4.90. The van der Waals surface area contributed by atoms with Gasteiger partial charge in [-0.25, -0.2) is 4.98 Å². The van der Waals surface area contributed by atoms with E-state index >= 15 is 0 Å². The fraction of sp³-hybridized carbons (Fsp3) is 0.250. The van der Waals surface area contributed by atoms with Gasteiger partial charge >= 0.3 is 0 Å². The monoisotopic (exact) mass is 419 g/mol. The van der Waals surface area contributed by atoms with Gasteiger partial charge in [0.15, 0.2) is 0 Å². The number of fused-ring (bicyclic) bond motifs is 1. The summed E-state index contributed by atoms with van der Waals surface area (Å²) in [7, 11) is 0. The quantitative estimate of drug-likeness (QED) is 0.380. The molecule has 0 aliphatic heterocycles. The number of amides is 1. The van der Waals surface area contributed by atoms with Gasteiger partial charge in [0.05, 0.1) is 29.1 Å². The maximum absolute atomic E-state index is 12.3. The van der Waals surface area contributed by atoms with E-state index in [1.807, 2.05) is 47.8 Å². The van der Waals surface area contributed by atoms with Crippen molar-refractivity contribution >= 4 is 28.3 Å². The number of aromatic nitrogens is 2. The van der Waals surface area contributed by atoms with E-state index in [-0.39, 0.29) is 5.91 Å². The average Bonchev–Trinajstić information content (AvgIpc) is 3.40. The molecule has 0 radical (unpaired) electrons. The molecule has 5 nitrogen and oxygen atoms in total. The van der Waals surface area contributed by atoms with Crippen molar-refractivity contribution in [1.29, 1.82) is 0 Å². The van der Waals surface area contributed by atoms with Crippen LogP contribution in [0.25, 0.3) is 11.0 Å². The summed E-state index contributed by atoms with van der Waals surface area (Å²) in [6, 6.07) is 19.9. The molecule has 0 saturated carbocycles. The molecule has 0 saturated heterocycles. The van der Waals surface area contributed by atoms with Crippen molar-refractivity contribution in [3.8, 4) is 5.75 Å². The maximum Gasteiger partial charge on any atom is 0.261 e. The molecular weight excluding hydrogens is 394 g/mol. The van der Waals surface area contributed by atoms with Crippen LogP contribution in [-0.2, 0) is 13.1 Å². The molecular formula is C24H25N3O2S. The first-order chi connectivity index (χ1) is 14.7.